The Labute approximate surface area is 196 Å². The van der Waals surface area contributed by atoms with E-state index in [0.717, 1.165) is 0 Å². The number of hydrogen-bond donors (Lipinski definition) is 0. The van der Waals surface area contributed by atoms with Gasteiger partial charge in [0, 0.05) is 25.0 Å². The van der Waals surface area contributed by atoms with Crippen molar-refractivity contribution in [1.29, 1.82) is 0 Å². The van der Waals surface area contributed by atoms with Gasteiger partial charge in [0.15, 0.2) is 12.1 Å². The summed E-state index contributed by atoms with van der Waals surface area (Å²) in [4.78, 5) is 0. The van der Waals surface area contributed by atoms with Gasteiger partial charge in [-0.2, -0.15) is 0 Å². The Morgan fingerprint density at radius 1 is 0.613 bits per heavy atom. The standard InChI is InChI=1S/C27H24N2.ClH.Cu/c1-20(24-15-7-11-22-9-3-5-13-26(22)24)28-17-18-29(19-28)21(2)25-16-8-12-23-10-4-6-14-27(23)25;;/h3-18,20-21H,1-2H3;1H;/q+2;;+1/p-1/t20-,21-;;/m1../s1. The summed E-state index contributed by atoms with van der Waals surface area (Å²) in [6.07, 6.45) is 4.27. The first-order chi connectivity index (χ1) is 15.2. The summed E-state index contributed by atoms with van der Waals surface area (Å²) in [6, 6.07) is 30.7. The van der Waals surface area contributed by atoms with E-state index >= 15 is 0 Å². The molecule has 4 heteroatoms. The van der Waals surface area contributed by atoms with E-state index in [1.54, 1.807) is 0 Å². The van der Waals surface area contributed by atoms with Crippen molar-refractivity contribution in [2.45, 2.75) is 25.9 Å². The van der Waals surface area contributed by atoms with Crippen molar-refractivity contribution < 1.29 is 24.3 Å². The minimum atomic E-state index is 0.210. The predicted molar refractivity (Wildman–Crippen MR) is 126 cm³/mol. The van der Waals surface area contributed by atoms with E-state index in [1.165, 1.54) is 32.7 Å². The van der Waals surface area contributed by atoms with Crippen LogP contribution in [0.1, 0.15) is 37.1 Å². The van der Waals surface area contributed by atoms with Gasteiger partial charge in [0.25, 0.3) is 0 Å². The first kappa shape index (κ1) is 21.8. The summed E-state index contributed by atoms with van der Waals surface area (Å²) in [6.45, 7) is 8.05. The fourth-order valence-corrected chi connectivity index (χ4v) is 4.30. The Bertz CT molecular complexity index is 1170. The average Bonchev–Trinajstić information content (AvgIpc) is 3.34. The number of halogens is 1. The van der Waals surface area contributed by atoms with Crippen molar-refractivity contribution in [3.05, 3.63) is 103 Å². The molecular weight excluding hydrogens is 451 g/mol. The summed E-state index contributed by atoms with van der Waals surface area (Å²) in [7, 11) is 4.20. The molecule has 2 atom stereocenters. The van der Waals surface area contributed by atoms with Crippen LogP contribution in [0.15, 0.2) is 84.9 Å². The Balaban J connectivity index is 0.00000112. The zero-order chi connectivity index (χ0) is 21.8. The van der Waals surface area contributed by atoms with Gasteiger partial charge in [-0.05, 0) is 21.5 Å². The molecule has 0 aromatic heterocycles. The Kier molecular flexibility index (Phi) is 6.87. The second-order valence-electron chi connectivity index (χ2n) is 7.70. The van der Waals surface area contributed by atoms with Crippen LogP contribution in [0.2, 0.25) is 0 Å². The van der Waals surface area contributed by atoms with Crippen LogP contribution in [-0.4, -0.2) is 21.6 Å². The maximum atomic E-state index is 4.20. The summed E-state index contributed by atoms with van der Waals surface area (Å²) < 4.78 is 4.37. The topological polar surface area (TPSA) is 6.02 Å². The molecule has 0 amide bonds. The number of rotatable bonds is 4. The van der Waals surface area contributed by atoms with Crippen molar-refractivity contribution in [2.24, 2.45) is 0 Å². The van der Waals surface area contributed by atoms with Crippen molar-refractivity contribution in [3.8, 4) is 0 Å². The molecule has 5 rings (SSSR count). The van der Waals surface area contributed by atoms with Crippen molar-refractivity contribution in [2.75, 3.05) is 0 Å². The molecule has 1 heterocycles. The van der Waals surface area contributed by atoms with Gasteiger partial charge in [-0.1, -0.05) is 84.9 Å². The van der Waals surface area contributed by atoms with Gasteiger partial charge >= 0.3 is 31.9 Å². The van der Waals surface area contributed by atoms with E-state index < -0.39 is 0 Å². The van der Waals surface area contributed by atoms with E-state index in [4.69, 9.17) is 0 Å². The summed E-state index contributed by atoms with van der Waals surface area (Å²) in [5, 5.41) is 5.17. The maximum absolute atomic E-state index is 4.20. The molecule has 0 spiro atoms. The molecule has 0 saturated heterocycles. The molecule has 4 aromatic carbocycles. The van der Waals surface area contributed by atoms with Gasteiger partial charge in [-0.15, -0.1) is 9.15 Å². The zero-order valence-corrected chi connectivity index (χ0v) is 19.2. The quantitative estimate of drug-likeness (QED) is 0.230. The molecule has 158 valence electrons. The molecule has 4 aromatic rings. The van der Waals surface area contributed by atoms with Crippen LogP contribution in [0.3, 0.4) is 0 Å². The monoisotopic (exact) mass is 474 g/mol. The first-order valence-electron chi connectivity index (χ1n) is 10.3. The average molecular weight is 476 g/mol. The number of benzene rings is 4. The molecule has 1 aliphatic heterocycles. The van der Waals surface area contributed by atoms with E-state index in [-0.39, 0.29) is 12.1 Å². The van der Waals surface area contributed by atoms with Crippen molar-refractivity contribution in [3.63, 3.8) is 0 Å². The van der Waals surface area contributed by atoms with Crippen LogP contribution < -0.4 is 0 Å². The number of hydrogen-bond acceptors (Lipinski definition) is 0. The van der Waals surface area contributed by atoms with Crippen LogP contribution in [0.4, 0.5) is 0 Å². The predicted octanol–water partition coefficient (Wildman–Crippen LogP) is 6.68. The molecule has 0 bridgehead atoms. The van der Waals surface area contributed by atoms with Gasteiger partial charge in [-0.25, -0.2) is 0 Å². The molecular formula is C27H24ClCuN2+2. The Morgan fingerprint density at radius 3 is 1.45 bits per heavy atom. The summed E-state index contributed by atoms with van der Waals surface area (Å²) in [5.41, 5.74) is 2.64. The number of fused-ring (bicyclic) bond motifs is 2. The SMILES string of the molecule is C[C@H](c1cccc2ccccc12)[N+]1=CC=[N+]([C@H](C)c2cccc3ccccc23)[C]1.[Cl][Cu]. The summed E-state index contributed by atoms with van der Waals surface area (Å²) in [5.74, 6) is 0. The minimum absolute atomic E-state index is 0.210. The second kappa shape index (κ2) is 9.78. The molecule has 2 nitrogen and oxygen atoms in total. The third-order valence-corrected chi connectivity index (χ3v) is 6.00. The van der Waals surface area contributed by atoms with Gasteiger partial charge in [0.2, 0.25) is 12.4 Å². The molecule has 0 unspecified atom stereocenters. The fourth-order valence-electron chi connectivity index (χ4n) is 4.30. The van der Waals surface area contributed by atoms with Crippen LogP contribution in [0, 0.1) is 6.67 Å². The molecule has 0 saturated carbocycles. The number of nitrogens with zero attached hydrogens (tertiary/aromatic N) is 2. The second-order valence-corrected chi connectivity index (χ2v) is 7.70. The molecule has 2 radical (unpaired) electrons. The van der Waals surface area contributed by atoms with Crippen LogP contribution in [-0.2, 0) is 15.1 Å². The van der Waals surface area contributed by atoms with Gasteiger partial charge < -0.3 is 0 Å². The molecule has 0 fully saturated rings. The van der Waals surface area contributed by atoms with E-state index in [1.807, 2.05) is 0 Å². The molecule has 0 aliphatic carbocycles. The van der Waals surface area contributed by atoms with Gasteiger partial charge in [-0.3, -0.25) is 0 Å². The van der Waals surface area contributed by atoms with Gasteiger partial charge in [0.05, 0.1) is 0 Å². The molecule has 0 N–H and O–H groups in total. The normalized spacial score (nSPS) is 15.1. The fraction of sp³-hybridized carbons (Fsp3) is 0.148. The van der Waals surface area contributed by atoms with Crippen LogP contribution >= 0.6 is 10.1 Å². The first-order valence-corrected chi connectivity index (χ1v) is 11.6. The summed E-state index contributed by atoms with van der Waals surface area (Å²) >= 11 is 3.66. The van der Waals surface area contributed by atoms with Crippen LogP contribution in [0.25, 0.3) is 21.5 Å². The Morgan fingerprint density at radius 2 is 1.00 bits per heavy atom. The van der Waals surface area contributed by atoms with Crippen molar-refractivity contribution >= 4 is 44.1 Å². The Hall–Kier alpha value is -2.45. The molecule has 1 aliphatic rings. The van der Waals surface area contributed by atoms with Crippen molar-refractivity contribution in [1.82, 2.24) is 0 Å². The van der Waals surface area contributed by atoms with E-state index in [2.05, 4.69) is 152 Å². The third kappa shape index (κ3) is 4.32. The van der Waals surface area contributed by atoms with Gasteiger partial charge in [0.1, 0.15) is 0 Å². The third-order valence-electron chi connectivity index (χ3n) is 6.00. The van der Waals surface area contributed by atoms with Crippen LogP contribution in [0.5, 0.6) is 0 Å². The molecule has 31 heavy (non-hydrogen) atoms. The van der Waals surface area contributed by atoms with E-state index in [9.17, 15) is 0 Å². The zero-order valence-electron chi connectivity index (χ0n) is 17.5. The van der Waals surface area contributed by atoms with E-state index in [0.29, 0.717) is 0 Å².